The summed E-state index contributed by atoms with van der Waals surface area (Å²) in [5.74, 6) is 0. The highest BCUT2D eigenvalue weighted by molar-refractivity contribution is 4.80. The van der Waals surface area contributed by atoms with E-state index in [0.29, 0.717) is 6.04 Å². The number of aliphatic hydroxyl groups is 1. The summed E-state index contributed by atoms with van der Waals surface area (Å²) in [6, 6.07) is -0.285. The van der Waals surface area contributed by atoms with Gasteiger partial charge in [0.05, 0.1) is 12.6 Å². The molecule has 0 aromatic carbocycles. The Balaban J connectivity index is 2.28. The van der Waals surface area contributed by atoms with Gasteiger partial charge < -0.3 is 15.3 Å². The highest BCUT2D eigenvalue weighted by atomic mass is 16.6. The quantitative estimate of drug-likeness (QED) is 0.512. The molecule has 1 saturated heterocycles. The Kier molecular flexibility index (Phi) is 5.80. The lowest BCUT2D eigenvalue weighted by atomic mass is 10.0. The van der Waals surface area contributed by atoms with Gasteiger partial charge in [-0.15, -0.1) is 0 Å². The monoisotopic (exact) mass is 245 g/mol. The van der Waals surface area contributed by atoms with E-state index in [1.165, 1.54) is 0 Å². The number of piperidine rings is 1. The number of nitrogens with one attached hydrogen (secondary N) is 1. The first kappa shape index (κ1) is 14.3. The van der Waals surface area contributed by atoms with Crippen molar-refractivity contribution in [2.45, 2.75) is 44.8 Å². The lowest BCUT2D eigenvalue weighted by Gasteiger charge is -2.33. The summed E-state index contributed by atoms with van der Waals surface area (Å²) in [5.41, 5.74) is 0. The van der Waals surface area contributed by atoms with Gasteiger partial charge in [0.15, 0.2) is 0 Å². The molecular weight excluding hydrogens is 222 g/mol. The Hall–Kier alpha value is -0.720. The van der Waals surface area contributed by atoms with Gasteiger partial charge in [0.2, 0.25) is 6.04 Å². The van der Waals surface area contributed by atoms with Crippen molar-refractivity contribution in [3.05, 3.63) is 10.1 Å². The molecule has 0 radical (unpaired) electrons. The van der Waals surface area contributed by atoms with Crippen molar-refractivity contribution >= 4 is 0 Å². The molecule has 2 atom stereocenters. The molecular formula is C11H23N3O3. The highest BCUT2D eigenvalue weighted by Gasteiger charge is 2.26. The molecule has 1 fully saturated rings. The number of rotatable bonds is 6. The topological polar surface area (TPSA) is 78.6 Å². The van der Waals surface area contributed by atoms with Crippen LogP contribution in [0.4, 0.5) is 0 Å². The smallest absolute Gasteiger partial charge is 0.225 e. The largest absolute Gasteiger partial charge is 0.395 e. The van der Waals surface area contributed by atoms with Gasteiger partial charge in [-0.2, -0.15) is 0 Å². The number of likely N-dealkylation sites (tertiary alicyclic amines) is 1. The summed E-state index contributed by atoms with van der Waals surface area (Å²) in [7, 11) is 0. The zero-order valence-electron chi connectivity index (χ0n) is 10.6. The fourth-order valence-electron chi connectivity index (χ4n) is 2.16. The molecule has 0 aliphatic carbocycles. The van der Waals surface area contributed by atoms with E-state index in [1.807, 2.05) is 6.92 Å². The molecule has 6 nitrogen and oxygen atoms in total. The number of aliphatic hydroxyl groups excluding tert-OH is 1. The average Bonchev–Trinajstić information content (AvgIpc) is 2.30. The van der Waals surface area contributed by atoms with E-state index in [9.17, 15) is 10.1 Å². The first-order valence-electron chi connectivity index (χ1n) is 6.27. The Morgan fingerprint density at radius 3 is 2.53 bits per heavy atom. The fraction of sp³-hybridized carbons (Fsp3) is 1.00. The number of nitro groups is 1. The molecule has 0 bridgehead atoms. The summed E-state index contributed by atoms with van der Waals surface area (Å²) in [6.07, 6.45) is 1.99. The molecule has 17 heavy (non-hydrogen) atoms. The molecule has 100 valence electrons. The normalized spacial score (nSPS) is 22.3. The number of β-amino-alcohol motifs (C(OH)–C–C–N with tert-alkyl or cyclic N) is 1. The van der Waals surface area contributed by atoms with E-state index in [-0.39, 0.29) is 17.6 Å². The van der Waals surface area contributed by atoms with E-state index in [1.54, 1.807) is 6.92 Å². The van der Waals surface area contributed by atoms with E-state index in [0.717, 1.165) is 32.5 Å². The summed E-state index contributed by atoms with van der Waals surface area (Å²) in [5, 5.41) is 22.8. The van der Waals surface area contributed by atoms with E-state index in [2.05, 4.69) is 10.2 Å². The number of hydrogen-bond donors (Lipinski definition) is 2. The van der Waals surface area contributed by atoms with Gasteiger partial charge in [-0.05, 0) is 32.9 Å². The minimum Gasteiger partial charge on any atom is -0.395 e. The van der Waals surface area contributed by atoms with E-state index >= 15 is 0 Å². The Bertz CT molecular complexity index is 242. The lowest BCUT2D eigenvalue weighted by molar-refractivity contribution is -0.521. The number of nitrogens with zero attached hydrogens (tertiary/aromatic N) is 2. The molecule has 0 amide bonds. The Morgan fingerprint density at radius 2 is 2.06 bits per heavy atom. The fourth-order valence-corrected chi connectivity index (χ4v) is 2.16. The molecule has 1 aliphatic heterocycles. The highest BCUT2D eigenvalue weighted by Crippen LogP contribution is 2.11. The summed E-state index contributed by atoms with van der Waals surface area (Å²) in [4.78, 5) is 12.6. The molecule has 1 heterocycles. The molecule has 0 spiro atoms. The van der Waals surface area contributed by atoms with Crippen LogP contribution in [0.2, 0.25) is 0 Å². The molecule has 6 heteroatoms. The van der Waals surface area contributed by atoms with Gasteiger partial charge >= 0.3 is 0 Å². The molecule has 0 saturated carbocycles. The molecule has 0 aromatic heterocycles. The predicted molar refractivity (Wildman–Crippen MR) is 65.6 cm³/mol. The predicted octanol–water partition coefficient (Wildman–Crippen LogP) is 0.0864. The van der Waals surface area contributed by atoms with Gasteiger partial charge in [0.1, 0.15) is 0 Å². The van der Waals surface area contributed by atoms with Crippen molar-refractivity contribution in [2.75, 3.05) is 26.2 Å². The van der Waals surface area contributed by atoms with Crippen LogP contribution in [0.5, 0.6) is 0 Å². The maximum Gasteiger partial charge on any atom is 0.225 e. The summed E-state index contributed by atoms with van der Waals surface area (Å²) >= 11 is 0. The zero-order valence-corrected chi connectivity index (χ0v) is 10.6. The van der Waals surface area contributed by atoms with Crippen molar-refractivity contribution in [2.24, 2.45) is 0 Å². The lowest BCUT2D eigenvalue weighted by Crippen LogP contribution is -2.50. The molecule has 1 unspecified atom stereocenters. The van der Waals surface area contributed by atoms with Gasteiger partial charge in [0.25, 0.3) is 0 Å². The van der Waals surface area contributed by atoms with Crippen LogP contribution in [-0.2, 0) is 0 Å². The third-order valence-electron chi connectivity index (χ3n) is 3.56. The average molecular weight is 245 g/mol. The molecule has 1 aliphatic rings. The second-order valence-electron chi connectivity index (χ2n) is 4.82. The van der Waals surface area contributed by atoms with Crippen molar-refractivity contribution in [1.82, 2.24) is 10.2 Å². The number of hydrogen-bond acceptors (Lipinski definition) is 5. The first-order valence-corrected chi connectivity index (χ1v) is 6.27. The van der Waals surface area contributed by atoms with Crippen LogP contribution < -0.4 is 5.32 Å². The second-order valence-corrected chi connectivity index (χ2v) is 4.82. The van der Waals surface area contributed by atoms with Crippen LogP contribution in [-0.4, -0.2) is 59.3 Å². The molecule has 1 rings (SSSR count). The minimum absolute atomic E-state index is 0.0978. The van der Waals surface area contributed by atoms with Crippen LogP contribution in [0.15, 0.2) is 0 Å². The third-order valence-corrected chi connectivity index (χ3v) is 3.56. The van der Waals surface area contributed by atoms with Crippen molar-refractivity contribution in [3.8, 4) is 0 Å². The summed E-state index contributed by atoms with van der Waals surface area (Å²) in [6.45, 7) is 6.35. The third kappa shape index (κ3) is 4.57. The standard InChI is InChI=1S/C11H23N3O3/c1-9(10(2)14(16)17)12-11-3-5-13(6-4-11)7-8-15/h9-12,15H,3-8H2,1-2H3/t9?,10-/m0/s1. The van der Waals surface area contributed by atoms with Crippen molar-refractivity contribution in [1.29, 1.82) is 0 Å². The Labute approximate surface area is 102 Å². The maximum absolute atomic E-state index is 10.6. The molecule has 0 aromatic rings. The molecule has 2 N–H and O–H groups in total. The van der Waals surface area contributed by atoms with Gasteiger partial charge in [-0.25, -0.2) is 0 Å². The van der Waals surface area contributed by atoms with Crippen LogP contribution in [0.25, 0.3) is 0 Å². The van der Waals surface area contributed by atoms with Crippen LogP contribution >= 0.6 is 0 Å². The SMILES string of the molecule is CC(NC1CCN(CCO)CC1)[C@H](C)[N+](=O)[O-]. The van der Waals surface area contributed by atoms with Gasteiger partial charge in [-0.1, -0.05) is 0 Å². The first-order chi connectivity index (χ1) is 8.04. The van der Waals surface area contributed by atoms with Crippen LogP contribution in [0.3, 0.4) is 0 Å². The van der Waals surface area contributed by atoms with Crippen LogP contribution in [0.1, 0.15) is 26.7 Å². The van der Waals surface area contributed by atoms with Crippen molar-refractivity contribution in [3.63, 3.8) is 0 Å². The van der Waals surface area contributed by atoms with E-state index < -0.39 is 6.04 Å². The van der Waals surface area contributed by atoms with Gasteiger partial charge in [-0.3, -0.25) is 10.1 Å². The maximum atomic E-state index is 10.6. The Morgan fingerprint density at radius 1 is 1.47 bits per heavy atom. The second kappa shape index (κ2) is 6.88. The minimum atomic E-state index is -0.550. The van der Waals surface area contributed by atoms with Gasteiger partial charge in [0, 0.05) is 24.4 Å². The zero-order chi connectivity index (χ0) is 12.8. The van der Waals surface area contributed by atoms with E-state index in [4.69, 9.17) is 5.11 Å². The van der Waals surface area contributed by atoms with Crippen LogP contribution in [0, 0.1) is 10.1 Å². The summed E-state index contributed by atoms with van der Waals surface area (Å²) < 4.78 is 0. The van der Waals surface area contributed by atoms with Crippen molar-refractivity contribution < 1.29 is 10.0 Å².